The van der Waals surface area contributed by atoms with Gasteiger partial charge in [-0.1, -0.05) is 0 Å². The van der Waals surface area contributed by atoms with E-state index in [-0.39, 0.29) is 24.5 Å². The summed E-state index contributed by atoms with van der Waals surface area (Å²) >= 11 is 0. The molecule has 0 radical (unpaired) electrons. The third-order valence-corrected chi connectivity index (χ3v) is 5.15. The number of anilines is 1. The molecule has 128 valence electrons. The van der Waals surface area contributed by atoms with Crippen molar-refractivity contribution in [1.82, 2.24) is 14.6 Å². The minimum absolute atomic E-state index is 0.0363. The second-order valence-electron chi connectivity index (χ2n) is 5.51. The van der Waals surface area contributed by atoms with E-state index in [1.54, 1.807) is 18.3 Å². The number of sulfonamides is 1. The summed E-state index contributed by atoms with van der Waals surface area (Å²) in [6.07, 6.45) is 2.85. The van der Waals surface area contributed by atoms with Gasteiger partial charge in [0, 0.05) is 25.8 Å². The number of aromatic nitrogens is 1. The molecule has 2 atom stereocenters. The quantitative estimate of drug-likeness (QED) is 0.818. The van der Waals surface area contributed by atoms with Gasteiger partial charge >= 0.3 is 6.03 Å². The van der Waals surface area contributed by atoms with Crippen molar-refractivity contribution in [1.29, 1.82) is 0 Å². The van der Waals surface area contributed by atoms with Crippen molar-refractivity contribution in [3.05, 3.63) is 24.5 Å². The molecule has 1 aromatic rings. The average Bonchev–Trinajstić information content (AvgIpc) is 2.47. The highest BCUT2D eigenvalue weighted by atomic mass is 32.2. The smallest absolute Gasteiger partial charge is 0.319 e. The number of carbonyl (C=O) groups is 1. The van der Waals surface area contributed by atoms with Crippen LogP contribution in [0.2, 0.25) is 0 Å². The van der Waals surface area contributed by atoms with Crippen LogP contribution in [0.15, 0.2) is 24.5 Å². The van der Waals surface area contributed by atoms with Crippen LogP contribution < -0.4 is 10.6 Å². The molecule has 2 N–H and O–H groups in total. The van der Waals surface area contributed by atoms with E-state index in [1.165, 1.54) is 10.5 Å². The number of morpholine rings is 1. The van der Waals surface area contributed by atoms with Gasteiger partial charge < -0.3 is 15.4 Å². The molecule has 2 rings (SSSR count). The summed E-state index contributed by atoms with van der Waals surface area (Å²) in [5.41, 5.74) is 0.545. The summed E-state index contributed by atoms with van der Waals surface area (Å²) < 4.78 is 31.6. The van der Waals surface area contributed by atoms with Gasteiger partial charge in [-0.05, 0) is 26.0 Å². The number of ether oxygens (including phenoxy) is 1. The van der Waals surface area contributed by atoms with Crippen molar-refractivity contribution in [2.75, 3.05) is 30.7 Å². The lowest BCUT2D eigenvalue weighted by molar-refractivity contribution is -0.0440. The number of pyridine rings is 1. The van der Waals surface area contributed by atoms with Gasteiger partial charge in [0.25, 0.3) is 0 Å². The molecule has 1 aromatic heterocycles. The zero-order valence-electron chi connectivity index (χ0n) is 13.2. The summed E-state index contributed by atoms with van der Waals surface area (Å²) in [5.74, 6) is -0.146. The van der Waals surface area contributed by atoms with Crippen LogP contribution in [0, 0.1) is 0 Å². The van der Waals surface area contributed by atoms with Gasteiger partial charge in [0.1, 0.15) is 0 Å². The Kier molecular flexibility index (Phi) is 5.91. The Labute approximate surface area is 136 Å². The van der Waals surface area contributed by atoms with Gasteiger partial charge in [-0.15, -0.1) is 0 Å². The number of urea groups is 1. The third kappa shape index (κ3) is 5.45. The van der Waals surface area contributed by atoms with Crippen LogP contribution in [0.3, 0.4) is 0 Å². The lowest BCUT2D eigenvalue weighted by atomic mass is 10.3. The molecule has 0 unspecified atom stereocenters. The van der Waals surface area contributed by atoms with E-state index < -0.39 is 16.1 Å². The summed E-state index contributed by atoms with van der Waals surface area (Å²) in [6, 6.07) is 2.93. The molecule has 2 heterocycles. The molecule has 1 aliphatic heterocycles. The van der Waals surface area contributed by atoms with Gasteiger partial charge in [-0.25, -0.2) is 13.2 Å². The van der Waals surface area contributed by atoms with Crippen LogP contribution in [0.1, 0.15) is 13.8 Å². The first-order chi connectivity index (χ1) is 10.9. The third-order valence-electron chi connectivity index (χ3n) is 3.34. The van der Waals surface area contributed by atoms with Crippen molar-refractivity contribution < 1.29 is 17.9 Å². The fraction of sp³-hybridized carbons (Fsp3) is 0.571. The maximum atomic E-state index is 12.3. The zero-order chi connectivity index (χ0) is 16.9. The van der Waals surface area contributed by atoms with E-state index in [1.807, 2.05) is 13.8 Å². The first-order valence-corrected chi connectivity index (χ1v) is 9.06. The summed E-state index contributed by atoms with van der Waals surface area (Å²) in [6.45, 7) is 4.41. The molecule has 0 spiro atoms. The van der Waals surface area contributed by atoms with Crippen LogP contribution in [0.5, 0.6) is 0 Å². The molecule has 1 aliphatic rings. The number of amides is 2. The first-order valence-electron chi connectivity index (χ1n) is 7.45. The topological polar surface area (TPSA) is 101 Å². The number of nitrogens with zero attached hydrogens (tertiary/aromatic N) is 2. The number of hydrogen-bond acceptors (Lipinski definition) is 5. The Morgan fingerprint density at radius 1 is 1.39 bits per heavy atom. The van der Waals surface area contributed by atoms with Crippen LogP contribution in [0.4, 0.5) is 10.5 Å². The standard InChI is InChI=1S/C14H22N4O4S/c1-11-9-18(10-12(2)22-11)23(20,21)7-6-16-14(19)17-13-4-3-5-15-8-13/h3-5,8,11-12H,6-7,9-10H2,1-2H3,(H2,16,17,19)/t11-,12-/m0/s1. The van der Waals surface area contributed by atoms with Gasteiger partial charge in [0.15, 0.2) is 0 Å². The molecular formula is C14H22N4O4S. The van der Waals surface area contributed by atoms with Crippen LogP contribution in [0.25, 0.3) is 0 Å². The Morgan fingerprint density at radius 2 is 2.09 bits per heavy atom. The number of nitrogens with one attached hydrogen (secondary N) is 2. The Morgan fingerprint density at radius 3 is 2.70 bits per heavy atom. The minimum Gasteiger partial charge on any atom is -0.373 e. The maximum absolute atomic E-state index is 12.3. The largest absolute Gasteiger partial charge is 0.373 e. The predicted molar refractivity (Wildman–Crippen MR) is 86.6 cm³/mol. The normalized spacial score (nSPS) is 22.5. The van der Waals surface area contributed by atoms with Crippen molar-refractivity contribution >= 4 is 21.7 Å². The molecule has 2 amide bonds. The van der Waals surface area contributed by atoms with Crippen LogP contribution in [-0.4, -0.2) is 61.3 Å². The molecule has 9 heteroatoms. The highest BCUT2D eigenvalue weighted by Gasteiger charge is 2.30. The molecule has 0 aliphatic carbocycles. The van der Waals surface area contributed by atoms with Crippen molar-refractivity contribution in [3.8, 4) is 0 Å². The van der Waals surface area contributed by atoms with E-state index in [0.717, 1.165) is 0 Å². The molecule has 1 saturated heterocycles. The SMILES string of the molecule is C[C@H]1CN(S(=O)(=O)CCNC(=O)Nc2cccnc2)C[C@H](C)O1. The Hall–Kier alpha value is -1.71. The Balaban J connectivity index is 1.79. The fourth-order valence-electron chi connectivity index (χ4n) is 2.39. The molecule has 23 heavy (non-hydrogen) atoms. The second-order valence-corrected chi connectivity index (χ2v) is 7.60. The summed E-state index contributed by atoms with van der Waals surface area (Å²) in [4.78, 5) is 15.6. The van der Waals surface area contributed by atoms with E-state index >= 15 is 0 Å². The van der Waals surface area contributed by atoms with Crippen LogP contribution in [-0.2, 0) is 14.8 Å². The van der Waals surface area contributed by atoms with Crippen molar-refractivity contribution in [2.45, 2.75) is 26.1 Å². The van der Waals surface area contributed by atoms with Crippen molar-refractivity contribution in [3.63, 3.8) is 0 Å². The van der Waals surface area contributed by atoms with Gasteiger partial charge in [0.05, 0.1) is 29.8 Å². The monoisotopic (exact) mass is 342 g/mol. The first kappa shape index (κ1) is 17.6. The lowest BCUT2D eigenvalue weighted by Gasteiger charge is -2.34. The maximum Gasteiger partial charge on any atom is 0.319 e. The predicted octanol–water partition coefficient (Wildman–Crippen LogP) is 0.642. The van der Waals surface area contributed by atoms with Gasteiger partial charge in [-0.3, -0.25) is 4.98 Å². The van der Waals surface area contributed by atoms with Gasteiger partial charge in [0.2, 0.25) is 10.0 Å². The zero-order valence-corrected chi connectivity index (χ0v) is 14.0. The molecule has 0 saturated carbocycles. The number of carbonyl (C=O) groups excluding carboxylic acids is 1. The Bertz CT molecular complexity index is 613. The lowest BCUT2D eigenvalue weighted by Crippen LogP contribution is -2.49. The number of hydrogen-bond donors (Lipinski definition) is 2. The molecular weight excluding hydrogens is 320 g/mol. The minimum atomic E-state index is -3.42. The second kappa shape index (κ2) is 7.71. The van der Waals surface area contributed by atoms with E-state index in [0.29, 0.717) is 18.8 Å². The molecule has 0 bridgehead atoms. The number of rotatable bonds is 5. The van der Waals surface area contributed by atoms with E-state index in [4.69, 9.17) is 4.74 Å². The summed E-state index contributed by atoms with van der Waals surface area (Å²) in [7, 11) is -3.42. The highest BCUT2D eigenvalue weighted by Crippen LogP contribution is 2.14. The average molecular weight is 342 g/mol. The highest BCUT2D eigenvalue weighted by molar-refractivity contribution is 7.89. The molecule has 0 aromatic carbocycles. The summed E-state index contributed by atoms with van der Waals surface area (Å²) in [5, 5.41) is 5.11. The van der Waals surface area contributed by atoms with Crippen LogP contribution >= 0.6 is 0 Å². The van der Waals surface area contributed by atoms with Gasteiger partial charge in [-0.2, -0.15) is 4.31 Å². The molecule has 8 nitrogen and oxygen atoms in total. The van der Waals surface area contributed by atoms with Crippen molar-refractivity contribution in [2.24, 2.45) is 0 Å². The van der Waals surface area contributed by atoms with E-state index in [9.17, 15) is 13.2 Å². The fourth-order valence-corrected chi connectivity index (χ4v) is 3.88. The molecule has 1 fully saturated rings. The van der Waals surface area contributed by atoms with E-state index in [2.05, 4.69) is 15.6 Å².